The minimum absolute atomic E-state index is 0.106. The molecule has 2 aromatic carbocycles. The number of nitrogens with zero attached hydrogens (tertiary/aromatic N) is 2. The van der Waals surface area contributed by atoms with Gasteiger partial charge in [0.15, 0.2) is 6.10 Å². The van der Waals surface area contributed by atoms with Gasteiger partial charge in [-0.05, 0) is 35.4 Å². The zero-order valence-corrected chi connectivity index (χ0v) is 17.0. The molecule has 156 valence electrons. The van der Waals surface area contributed by atoms with Crippen molar-refractivity contribution in [2.75, 3.05) is 31.5 Å². The minimum atomic E-state index is -3.69. The van der Waals surface area contributed by atoms with E-state index in [0.29, 0.717) is 30.8 Å². The lowest BCUT2D eigenvalue weighted by Gasteiger charge is -2.35. The molecule has 5 rings (SSSR count). The molecule has 0 radical (unpaired) electrons. The zero-order chi connectivity index (χ0) is 20.9. The third-order valence-corrected chi connectivity index (χ3v) is 7.71. The van der Waals surface area contributed by atoms with E-state index in [0.717, 1.165) is 11.3 Å². The van der Waals surface area contributed by atoms with Crippen LogP contribution < -0.4 is 10.1 Å². The Morgan fingerprint density at radius 2 is 1.80 bits per heavy atom. The van der Waals surface area contributed by atoms with Gasteiger partial charge in [-0.2, -0.15) is 4.31 Å². The Morgan fingerprint density at radius 1 is 1.03 bits per heavy atom. The van der Waals surface area contributed by atoms with Crippen LogP contribution in [0.15, 0.2) is 47.4 Å². The lowest BCUT2D eigenvalue weighted by Crippen LogP contribution is -2.53. The Bertz CT molecular complexity index is 1110. The second kappa shape index (κ2) is 7.10. The first-order chi connectivity index (χ1) is 14.4. The molecule has 0 aromatic heterocycles. The standard InChI is InChI=1S/C21H21N3O5S/c25-20-13-15-11-16(5-6-17(15)22-20)30(27,28)24-9-7-23(8-10-24)21(26)19-12-14-3-1-2-4-18(14)29-19/h1-6,11,19H,7-10,12-13H2,(H,22,25)/t19-/m1/s1. The summed E-state index contributed by atoms with van der Waals surface area (Å²) in [6, 6.07) is 12.3. The molecule has 1 atom stereocenters. The first-order valence-electron chi connectivity index (χ1n) is 9.88. The van der Waals surface area contributed by atoms with Crippen LogP contribution in [0.3, 0.4) is 0 Å². The van der Waals surface area contributed by atoms with Crippen LogP contribution in [-0.4, -0.2) is 61.7 Å². The number of anilines is 1. The molecule has 0 spiro atoms. The molecule has 3 aliphatic heterocycles. The molecule has 8 nitrogen and oxygen atoms in total. The van der Waals surface area contributed by atoms with E-state index in [-0.39, 0.29) is 36.2 Å². The molecule has 1 N–H and O–H groups in total. The predicted molar refractivity (Wildman–Crippen MR) is 109 cm³/mol. The highest BCUT2D eigenvalue weighted by Gasteiger charge is 2.36. The van der Waals surface area contributed by atoms with Gasteiger partial charge in [0.25, 0.3) is 5.91 Å². The van der Waals surface area contributed by atoms with E-state index in [1.165, 1.54) is 10.4 Å². The summed E-state index contributed by atoms with van der Waals surface area (Å²) in [6.07, 6.45) is 0.174. The average Bonchev–Trinajstić information content (AvgIpc) is 3.35. The van der Waals surface area contributed by atoms with Gasteiger partial charge >= 0.3 is 0 Å². The van der Waals surface area contributed by atoms with Gasteiger partial charge in [-0.25, -0.2) is 8.42 Å². The number of hydrogen-bond donors (Lipinski definition) is 1. The lowest BCUT2D eigenvalue weighted by molar-refractivity contribution is -0.139. The number of piperazine rings is 1. The van der Waals surface area contributed by atoms with Crippen molar-refractivity contribution in [2.24, 2.45) is 0 Å². The summed E-state index contributed by atoms with van der Waals surface area (Å²) < 4.78 is 33.3. The topological polar surface area (TPSA) is 96.0 Å². The number of carbonyl (C=O) groups excluding carboxylic acids is 2. The zero-order valence-electron chi connectivity index (χ0n) is 16.2. The van der Waals surface area contributed by atoms with E-state index in [1.807, 2.05) is 24.3 Å². The number of para-hydroxylation sites is 1. The molecular weight excluding hydrogens is 406 g/mol. The van der Waals surface area contributed by atoms with Crippen LogP contribution in [-0.2, 0) is 32.5 Å². The smallest absolute Gasteiger partial charge is 0.264 e. The molecule has 0 unspecified atom stereocenters. The molecule has 3 heterocycles. The van der Waals surface area contributed by atoms with E-state index < -0.39 is 16.1 Å². The molecule has 0 bridgehead atoms. The molecule has 2 amide bonds. The third kappa shape index (κ3) is 3.23. The van der Waals surface area contributed by atoms with Gasteiger partial charge in [-0.1, -0.05) is 18.2 Å². The Kier molecular flexibility index (Phi) is 4.52. The Hall–Kier alpha value is -2.91. The van der Waals surface area contributed by atoms with Crippen molar-refractivity contribution in [3.63, 3.8) is 0 Å². The fraction of sp³-hybridized carbons (Fsp3) is 0.333. The predicted octanol–water partition coefficient (Wildman–Crippen LogP) is 1.02. The minimum Gasteiger partial charge on any atom is -0.480 e. The molecular formula is C21H21N3O5S. The van der Waals surface area contributed by atoms with Crippen LogP contribution in [0.2, 0.25) is 0 Å². The lowest BCUT2D eigenvalue weighted by atomic mass is 10.1. The number of benzene rings is 2. The highest BCUT2D eigenvalue weighted by molar-refractivity contribution is 7.89. The Labute approximate surface area is 174 Å². The largest absolute Gasteiger partial charge is 0.480 e. The van der Waals surface area contributed by atoms with E-state index in [1.54, 1.807) is 17.0 Å². The summed E-state index contributed by atoms with van der Waals surface area (Å²) in [5.74, 6) is 0.495. The summed E-state index contributed by atoms with van der Waals surface area (Å²) in [4.78, 5) is 26.2. The maximum Gasteiger partial charge on any atom is 0.264 e. The van der Waals surface area contributed by atoms with Crippen molar-refractivity contribution < 1.29 is 22.7 Å². The van der Waals surface area contributed by atoms with E-state index in [4.69, 9.17) is 4.74 Å². The van der Waals surface area contributed by atoms with Gasteiger partial charge in [-0.15, -0.1) is 0 Å². The van der Waals surface area contributed by atoms with Crippen molar-refractivity contribution in [1.82, 2.24) is 9.21 Å². The number of amides is 2. The summed E-state index contributed by atoms with van der Waals surface area (Å²) >= 11 is 0. The van der Waals surface area contributed by atoms with Crippen LogP contribution in [0.1, 0.15) is 11.1 Å². The van der Waals surface area contributed by atoms with Crippen LogP contribution in [0.25, 0.3) is 0 Å². The third-order valence-electron chi connectivity index (χ3n) is 5.81. The molecule has 2 aromatic rings. The first-order valence-corrected chi connectivity index (χ1v) is 11.3. The van der Waals surface area contributed by atoms with Crippen molar-refractivity contribution >= 4 is 27.5 Å². The summed E-state index contributed by atoms with van der Waals surface area (Å²) in [6.45, 7) is 1.09. The number of fused-ring (bicyclic) bond motifs is 2. The number of rotatable bonds is 3. The van der Waals surface area contributed by atoms with Crippen LogP contribution in [0, 0.1) is 0 Å². The summed E-state index contributed by atoms with van der Waals surface area (Å²) in [7, 11) is -3.69. The maximum atomic E-state index is 13.0. The van der Waals surface area contributed by atoms with E-state index in [2.05, 4.69) is 5.32 Å². The molecule has 9 heteroatoms. The van der Waals surface area contributed by atoms with Crippen LogP contribution in [0.5, 0.6) is 5.75 Å². The van der Waals surface area contributed by atoms with Gasteiger partial charge in [0.05, 0.1) is 11.3 Å². The highest BCUT2D eigenvalue weighted by Crippen LogP contribution is 2.30. The Balaban J connectivity index is 1.24. The van der Waals surface area contributed by atoms with Crippen LogP contribution in [0.4, 0.5) is 5.69 Å². The molecule has 1 saturated heterocycles. The SMILES string of the molecule is O=C1Cc2cc(S(=O)(=O)N3CCN(C(=O)[C@H]4Cc5ccccc5O4)CC3)ccc2N1. The molecule has 0 saturated carbocycles. The van der Waals surface area contributed by atoms with Crippen molar-refractivity contribution in [3.8, 4) is 5.75 Å². The molecule has 30 heavy (non-hydrogen) atoms. The maximum absolute atomic E-state index is 13.0. The molecule has 0 aliphatic carbocycles. The quantitative estimate of drug-likeness (QED) is 0.789. The van der Waals surface area contributed by atoms with Gasteiger partial charge < -0.3 is 15.0 Å². The second-order valence-electron chi connectivity index (χ2n) is 7.69. The van der Waals surface area contributed by atoms with Gasteiger partial charge in [0.1, 0.15) is 5.75 Å². The number of ether oxygens (including phenoxy) is 1. The van der Waals surface area contributed by atoms with Crippen LogP contribution >= 0.6 is 0 Å². The fourth-order valence-corrected chi connectivity index (χ4v) is 5.66. The van der Waals surface area contributed by atoms with Crippen molar-refractivity contribution in [2.45, 2.75) is 23.8 Å². The fourth-order valence-electron chi connectivity index (χ4n) is 4.19. The monoisotopic (exact) mass is 427 g/mol. The number of carbonyl (C=O) groups is 2. The number of hydrogen-bond acceptors (Lipinski definition) is 5. The van der Waals surface area contributed by atoms with E-state index >= 15 is 0 Å². The molecule has 3 aliphatic rings. The summed E-state index contributed by atoms with van der Waals surface area (Å²) in [5, 5.41) is 2.70. The van der Waals surface area contributed by atoms with Gasteiger partial charge in [0.2, 0.25) is 15.9 Å². The summed E-state index contributed by atoms with van der Waals surface area (Å²) in [5.41, 5.74) is 2.36. The number of nitrogens with one attached hydrogen (secondary N) is 1. The highest BCUT2D eigenvalue weighted by atomic mass is 32.2. The first kappa shape index (κ1) is 19.1. The van der Waals surface area contributed by atoms with Crippen molar-refractivity contribution in [1.29, 1.82) is 0 Å². The van der Waals surface area contributed by atoms with Gasteiger partial charge in [0, 0.05) is 38.3 Å². The van der Waals surface area contributed by atoms with Gasteiger partial charge in [-0.3, -0.25) is 9.59 Å². The average molecular weight is 427 g/mol. The Morgan fingerprint density at radius 3 is 2.57 bits per heavy atom. The molecule has 1 fully saturated rings. The normalized spacial score (nSPS) is 21.0. The van der Waals surface area contributed by atoms with Crippen molar-refractivity contribution in [3.05, 3.63) is 53.6 Å². The van der Waals surface area contributed by atoms with E-state index in [9.17, 15) is 18.0 Å². The second-order valence-corrected chi connectivity index (χ2v) is 9.63. The number of sulfonamides is 1.